The molecule has 1 N–H and O–H groups in total. The molecule has 6 heteroatoms. The molecule has 33 heavy (non-hydrogen) atoms. The zero-order valence-corrected chi connectivity index (χ0v) is 19.4. The van der Waals surface area contributed by atoms with Crippen LogP contribution >= 0.6 is 0 Å². The summed E-state index contributed by atoms with van der Waals surface area (Å²) in [5.41, 5.74) is 3.03. The molecule has 2 heterocycles. The van der Waals surface area contributed by atoms with Crippen LogP contribution in [0.2, 0.25) is 0 Å². The van der Waals surface area contributed by atoms with Crippen LogP contribution in [0.3, 0.4) is 0 Å². The molecule has 0 aliphatic carbocycles. The van der Waals surface area contributed by atoms with Gasteiger partial charge in [-0.1, -0.05) is 42.5 Å². The van der Waals surface area contributed by atoms with E-state index in [0.29, 0.717) is 19.4 Å². The van der Waals surface area contributed by atoms with E-state index in [9.17, 15) is 14.4 Å². The number of anilines is 1. The molecule has 2 fully saturated rings. The Kier molecular flexibility index (Phi) is 7.11. The predicted octanol–water partition coefficient (Wildman–Crippen LogP) is 4.01. The van der Waals surface area contributed by atoms with Crippen molar-refractivity contribution in [1.29, 1.82) is 0 Å². The molecule has 6 nitrogen and oxygen atoms in total. The molecule has 0 atom stereocenters. The highest BCUT2D eigenvalue weighted by molar-refractivity contribution is 5.88. The number of nitrogens with one attached hydrogen (secondary N) is 1. The fourth-order valence-electron chi connectivity index (χ4n) is 5.05. The van der Waals surface area contributed by atoms with Gasteiger partial charge in [-0.25, -0.2) is 0 Å². The molecule has 2 aliphatic rings. The Morgan fingerprint density at radius 2 is 1.55 bits per heavy atom. The summed E-state index contributed by atoms with van der Waals surface area (Å²) in [6, 6.07) is 17.6. The summed E-state index contributed by atoms with van der Waals surface area (Å²) >= 11 is 0. The summed E-state index contributed by atoms with van der Waals surface area (Å²) < 4.78 is 0. The molecule has 4 rings (SSSR count). The normalized spacial score (nSPS) is 18.2. The average Bonchev–Trinajstić information content (AvgIpc) is 2.96. The number of carbonyl (C=O) groups excluding carboxylic acids is 3. The van der Waals surface area contributed by atoms with Crippen molar-refractivity contribution >= 4 is 23.4 Å². The van der Waals surface area contributed by atoms with Crippen LogP contribution in [0.1, 0.15) is 50.2 Å². The lowest BCUT2D eigenvalue weighted by Crippen LogP contribution is -2.44. The smallest absolute Gasteiger partial charge is 0.226 e. The highest BCUT2D eigenvalue weighted by Crippen LogP contribution is 2.41. The lowest BCUT2D eigenvalue weighted by Gasteiger charge is -2.41. The number of piperidine rings is 1. The van der Waals surface area contributed by atoms with Gasteiger partial charge in [0.2, 0.25) is 17.7 Å². The summed E-state index contributed by atoms with van der Waals surface area (Å²) in [6.45, 7) is 4.47. The van der Waals surface area contributed by atoms with E-state index in [4.69, 9.17) is 0 Å². The molecule has 2 saturated heterocycles. The van der Waals surface area contributed by atoms with Crippen molar-refractivity contribution in [2.45, 2.75) is 52.0 Å². The topological polar surface area (TPSA) is 69.7 Å². The molecular weight excluding hydrogens is 414 g/mol. The maximum atomic E-state index is 12.9. The standard InChI is InChI=1S/C27H33N3O3/c1-21(31)28-24-9-7-22(8-10-24)19-26(33)29-16-13-27(14-17-29)12-11-25(32)30(18-15-27)20-23-5-3-2-4-6-23/h2-10H,11-20H2,1H3,(H,28,31). The zero-order valence-electron chi connectivity index (χ0n) is 19.4. The first-order valence-corrected chi connectivity index (χ1v) is 11.9. The molecule has 0 unspecified atom stereocenters. The molecule has 174 valence electrons. The number of rotatable bonds is 5. The van der Waals surface area contributed by atoms with Crippen LogP contribution in [0, 0.1) is 5.41 Å². The maximum absolute atomic E-state index is 12.9. The second kappa shape index (κ2) is 10.2. The average molecular weight is 448 g/mol. The van der Waals surface area contributed by atoms with Gasteiger partial charge >= 0.3 is 0 Å². The fraction of sp³-hybridized carbons (Fsp3) is 0.444. The SMILES string of the molecule is CC(=O)Nc1ccc(CC(=O)N2CCC3(CCC(=O)N(Cc4ccccc4)CC3)CC2)cc1. The van der Waals surface area contributed by atoms with Gasteiger partial charge in [0.15, 0.2) is 0 Å². The summed E-state index contributed by atoms with van der Waals surface area (Å²) in [7, 11) is 0. The molecule has 3 amide bonds. The minimum atomic E-state index is -0.107. The summed E-state index contributed by atoms with van der Waals surface area (Å²) in [6.07, 6.45) is 4.83. The molecule has 0 radical (unpaired) electrons. The van der Waals surface area contributed by atoms with Crippen LogP contribution in [0.5, 0.6) is 0 Å². The van der Waals surface area contributed by atoms with E-state index >= 15 is 0 Å². The quantitative estimate of drug-likeness (QED) is 0.753. The van der Waals surface area contributed by atoms with Crippen LogP contribution < -0.4 is 5.32 Å². The van der Waals surface area contributed by atoms with Crippen LogP contribution in [0.15, 0.2) is 54.6 Å². The first kappa shape index (κ1) is 23.0. The predicted molar refractivity (Wildman–Crippen MR) is 128 cm³/mol. The monoisotopic (exact) mass is 447 g/mol. The van der Waals surface area contributed by atoms with Gasteiger partial charge in [0.25, 0.3) is 0 Å². The molecule has 0 bridgehead atoms. The third-order valence-electron chi connectivity index (χ3n) is 7.16. The van der Waals surface area contributed by atoms with Gasteiger partial charge in [-0.05, 0) is 54.4 Å². The van der Waals surface area contributed by atoms with Gasteiger partial charge in [-0.15, -0.1) is 0 Å². The summed E-state index contributed by atoms with van der Waals surface area (Å²) in [5.74, 6) is 0.286. The van der Waals surface area contributed by atoms with Crippen LogP contribution in [-0.2, 0) is 27.3 Å². The second-order valence-electron chi connectivity index (χ2n) is 9.49. The van der Waals surface area contributed by atoms with E-state index in [1.807, 2.05) is 52.3 Å². The van der Waals surface area contributed by atoms with E-state index in [0.717, 1.165) is 56.6 Å². The minimum Gasteiger partial charge on any atom is -0.342 e. The largest absolute Gasteiger partial charge is 0.342 e. The molecule has 2 aromatic rings. The number of benzene rings is 2. The van der Waals surface area contributed by atoms with Gasteiger partial charge in [-0.2, -0.15) is 0 Å². The van der Waals surface area contributed by atoms with Crippen molar-refractivity contribution in [2.24, 2.45) is 5.41 Å². The van der Waals surface area contributed by atoms with Crippen molar-refractivity contribution in [3.8, 4) is 0 Å². The third-order valence-corrected chi connectivity index (χ3v) is 7.16. The van der Waals surface area contributed by atoms with Gasteiger partial charge in [0, 0.05) is 45.2 Å². The van der Waals surface area contributed by atoms with E-state index in [-0.39, 0.29) is 23.1 Å². The molecule has 1 spiro atoms. The van der Waals surface area contributed by atoms with Gasteiger partial charge in [0.1, 0.15) is 0 Å². The van der Waals surface area contributed by atoms with Gasteiger partial charge < -0.3 is 15.1 Å². The van der Waals surface area contributed by atoms with Crippen molar-refractivity contribution in [3.05, 3.63) is 65.7 Å². The molecular formula is C27H33N3O3. The Hall–Kier alpha value is -3.15. The van der Waals surface area contributed by atoms with Crippen LogP contribution in [0.25, 0.3) is 0 Å². The minimum absolute atomic E-state index is 0.107. The Morgan fingerprint density at radius 1 is 0.879 bits per heavy atom. The number of hydrogen-bond acceptors (Lipinski definition) is 3. The van der Waals surface area contributed by atoms with Crippen molar-refractivity contribution in [2.75, 3.05) is 25.0 Å². The van der Waals surface area contributed by atoms with Crippen molar-refractivity contribution < 1.29 is 14.4 Å². The first-order chi connectivity index (χ1) is 15.9. The lowest BCUT2D eigenvalue weighted by molar-refractivity contribution is -0.133. The van der Waals surface area contributed by atoms with Crippen molar-refractivity contribution in [3.63, 3.8) is 0 Å². The van der Waals surface area contributed by atoms with Crippen LogP contribution in [0.4, 0.5) is 5.69 Å². The molecule has 2 aliphatic heterocycles. The van der Waals surface area contributed by atoms with Gasteiger partial charge in [-0.3, -0.25) is 14.4 Å². The number of amides is 3. The van der Waals surface area contributed by atoms with E-state index < -0.39 is 0 Å². The highest BCUT2D eigenvalue weighted by atomic mass is 16.2. The number of nitrogens with zero attached hydrogens (tertiary/aromatic N) is 2. The summed E-state index contributed by atoms with van der Waals surface area (Å²) in [4.78, 5) is 40.7. The molecule has 0 aromatic heterocycles. The molecule has 0 saturated carbocycles. The molecule has 2 aromatic carbocycles. The van der Waals surface area contributed by atoms with E-state index in [1.54, 1.807) is 0 Å². The number of carbonyl (C=O) groups is 3. The first-order valence-electron chi connectivity index (χ1n) is 11.9. The third kappa shape index (κ3) is 6.01. The van der Waals surface area contributed by atoms with Crippen molar-refractivity contribution in [1.82, 2.24) is 9.80 Å². The number of hydrogen-bond donors (Lipinski definition) is 1. The summed E-state index contributed by atoms with van der Waals surface area (Å²) in [5, 5.41) is 2.74. The maximum Gasteiger partial charge on any atom is 0.226 e. The zero-order chi connectivity index (χ0) is 23.3. The van der Waals surface area contributed by atoms with Gasteiger partial charge in [0.05, 0.1) is 6.42 Å². The Morgan fingerprint density at radius 3 is 2.21 bits per heavy atom. The highest BCUT2D eigenvalue weighted by Gasteiger charge is 2.38. The second-order valence-corrected chi connectivity index (χ2v) is 9.49. The van der Waals surface area contributed by atoms with E-state index in [1.165, 1.54) is 12.5 Å². The lowest BCUT2D eigenvalue weighted by atomic mass is 9.73. The fourth-order valence-corrected chi connectivity index (χ4v) is 5.05. The Labute approximate surface area is 196 Å². The van der Waals surface area contributed by atoms with Crippen LogP contribution in [-0.4, -0.2) is 47.2 Å². The Bertz CT molecular complexity index is 979. The number of likely N-dealkylation sites (tertiary alicyclic amines) is 2. The Balaban J connectivity index is 1.29. The van der Waals surface area contributed by atoms with E-state index in [2.05, 4.69) is 17.4 Å².